The third kappa shape index (κ3) is 2.04. The molecule has 1 aliphatic rings. The van der Waals surface area contributed by atoms with Crippen LogP contribution in [0.2, 0.25) is 0 Å². The molecule has 0 unspecified atom stereocenters. The average molecular weight is 246 g/mol. The number of anilines is 1. The van der Waals surface area contributed by atoms with Crippen LogP contribution in [0.3, 0.4) is 0 Å². The molecule has 0 saturated heterocycles. The van der Waals surface area contributed by atoms with Gasteiger partial charge in [-0.05, 0) is 49.3 Å². The van der Waals surface area contributed by atoms with Gasteiger partial charge in [0.1, 0.15) is 0 Å². The Morgan fingerprint density at radius 3 is 3.06 bits per heavy atom. The van der Waals surface area contributed by atoms with E-state index >= 15 is 0 Å². The molecule has 0 aliphatic heterocycles. The predicted molar refractivity (Wildman–Crippen MR) is 75.0 cm³/mol. The number of benzene rings is 1. The number of fused-ring (bicyclic) bond motifs is 3. The summed E-state index contributed by atoms with van der Waals surface area (Å²) in [6, 6.07) is 4.55. The molecule has 3 rings (SSSR count). The van der Waals surface area contributed by atoms with Crippen LogP contribution in [0.1, 0.15) is 37.3 Å². The maximum Gasteiger partial charge on any atom is 0.183 e. The number of nitrogens with zero attached hydrogens (tertiary/aromatic N) is 1. The molecule has 1 N–H and O–H groups in total. The molecule has 0 saturated carbocycles. The molecular formula is C14H18N2S. The van der Waals surface area contributed by atoms with Crippen molar-refractivity contribution < 1.29 is 0 Å². The lowest BCUT2D eigenvalue weighted by atomic mass is 9.91. The van der Waals surface area contributed by atoms with E-state index in [0.717, 1.165) is 18.1 Å². The molecule has 2 nitrogen and oxygen atoms in total. The molecule has 0 fully saturated rings. The number of aryl methyl sites for hydroxylation is 2. The Kier molecular flexibility index (Phi) is 3.02. The Labute approximate surface area is 106 Å². The van der Waals surface area contributed by atoms with Gasteiger partial charge >= 0.3 is 0 Å². The lowest BCUT2D eigenvalue weighted by molar-refractivity contribution is 0.689. The Balaban J connectivity index is 2.03. The molecular weight excluding hydrogens is 228 g/mol. The molecule has 2 aromatic rings. The smallest absolute Gasteiger partial charge is 0.183 e. The van der Waals surface area contributed by atoms with E-state index in [-0.39, 0.29) is 0 Å². The van der Waals surface area contributed by atoms with Gasteiger partial charge in [-0.25, -0.2) is 4.98 Å². The van der Waals surface area contributed by atoms with Crippen molar-refractivity contribution >= 4 is 26.7 Å². The lowest BCUT2D eigenvalue weighted by Crippen LogP contribution is -2.03. The summed E-state index contributed by atoms with van der Waals surface area (Å²) >= 11 is 1.79. The minimum atomic E-state index is 1.02. The van der Waals surface area contributed by atoms with Crippen LogP contribution < -0.4 is 5.32 Å². The van der Waals surface area contributed by atoms with Gasteiger partial charge in [-0.15, -0.1) is 0 Å². The number of nitrogens with one attached hydrogen (secondary N) is 1. The quantitative estimate of drug-likeness (QED) is 0.885. The molecule has 17 heavy (non-hydrogen) atoms. The maximum absolute atomic E-state index is 4.77. The Bertz CT molecular complexity index is 530. The van der Waals surface area contributed by atoms with Crippen molar-refractivity contribution in [2.75, 3.05) is 11.9 Å². The first-order valence-corrected chi connectivity index (χ1v) is 7.35. The van der Waals surface area contributed by atoms with Crippen molar-refractivity contribution in [1.82, 2.24) is 4.98 Å². The maximum atomic E-state index is 4.77. The third-order valence-corrected chi connectivity index (χ3v) is 4.39. The van der Waals surface area contributed by atoms with Crippen LogP contribution >= 0.6 is 11.3 Å². The van der Waals surface area contributed by atoms with E-state index in [2.05, 4.69) is 24.4 Å². The van der Waals surface area contributed by atoms with Gasteiger partial charge in [0.05, 0.1) is 10.2 Å². The third-order valence-electron chi connectivity index (χ3n) is 3.41. The van der Waals surface area contributed by atoms with Crippen LogP contribution in [0.25, 0.3) is 10.2 Å². The Hall–Kier alpha value is -1.09. The molecule has 1 aromatic heterocycles. The minimum absolute atomic E-state index is 1.02. The molecule has 0 atom stereocenters. The molecule has 3 heteroatoms. The molecule has 0 bridgehead atoms. The monoisotopic (exact) mass is 246 g/mol. The van der Waals surface area contributed by atoms with Gasteiger partial charge in [0.15, 0.2) is 5.13 Å². The van der Waals surface area contributed by atoms with Crippen LogP contribution in [0.4, 0.5) is 5.13 Å². The number of hydrogen-bond acceptors (Lipinski definition) is 3. The van der Waals surface area contributed by atoms with Crippen molar-refractivity contribution in [3.05, 3.63) is 23.3 Å². The van der Waals surface area contributed by atoms with E-state index in [1.165, 1.54) is 47.0 Å². The van der Waals surface area contributed by atoms with E-state index in [1.807, 2.05) is 0 Å². The fourth-order valence-electron chi connectivity index (χ4n) is 2.53. The predicted octanol–water partition coefficient (Wildman–Crippen LogP) is 4.00. The molecule has 1 heterocycles. The second-order valence-corrected chi connectivity index (χ2v) is 5.73. The molecule has 1 aromatic carbocycles. The van der Waals surface area contributed by atoms with E-state index < -0.39 is 0 Å². The summed E-state index contributed by atoms with van der Waals surface area (Å²) in [5, 5.41) is 4.48. The number of thiazole rings is 1. The highest BCUT2D eigenvalue weighted by Gasteiger charge is 2.15. The zero-order chi connectivity index (χ0) is 11.7. The highest BCUT2D eigenvalue weighted by Crippen LogP contribution is 2.33. The minimum Gasteiger partial charge on any atom is -0.361 e. The topological polar surface area (TPSA) is 24.9 Å². The summed E-state index contributed by atoms with van der Waals surface area (Å²) in [6.07, 6.45) is 6.25. The van der Waals surface area contributed by atoms with Crippen LogP contribution in [0, 0.1) is 0 Å². The average Bonchev–Trinajstić information content (AvgIpc) is 2.79. The summed E-state index contributed by atoms with van der Waals surface area (Å²) in [5.74, 6) is 0. The summed E-state index contributed by atoms with van der Waals surface area (Å²) in [4.78, 5) is 4.77. The second kappa shape index (κ2) is 4.65. The van der Waals surface area contributed by atoms with E-state index in [0.29, 0.717) is 0 Å². The fourth-order valence-corrected chi connectivity index (χ4v) is 3.45. The molecule has 1 aliphatic carbocycles. The first-order chi connectivity index (χ1) is 8.38. The van der Waals surface area contributed by atoms with Crippen LogP contribution in [-0.2, 0) is 12.8 Å². The standard InChI is InChI=1S/C14H18N2S/c1-2-9-15-14-16-13-11-6-4-3-5-10(11)7-8-12(13)17-14/h7-8H,2-6,9H2,1H3,(H,15,16). The summed E-state index contributed by atoms with van der Waals surface area (Å²) in [7, 11) is 0. The van der Waals surface area contributed by atoms with Gasteiger partial charge in [0, 0.05) is 6.54 Å². The Morgan fingerprint density at radius 2 is 2.18 bits per heavy atom. The molecule has 0 amide bonds. The largest absolute Gasteiger partial charge is 0.361 e. The van der Waals surface area contributed by atoms with E-state index in [9.17, 15) is 0 Å². The highest BCUT2D eigenvalue weighted by atomic mass is 32.1. The van der Waals surface area contributed by atoms with Gasteiger partial charge < -0.3 is 5.32 Å². The Morgan fingerprint density at radius 1 is 1.29 bits per heavy atom. The van der Waals surface area contributed by atoms with Crippen LogP contribution in [0.5, 0.6) is 0 Å². The molecule has 0 radical (unpaired) electrons. The van der Waals surface area contributed by atoms with Crippen molar-refractivity contribution in [3.63, 3.8) is 0 Å². The molecule has 0 spiro atoms. The van der Waals surface area contributed by atoms with Crippen molar-refractivity contribution in [2.24, 2.45) is 0 Å². The van der Waals surface area contributed by atoms with Crippen LogP contribution in [-0.4, -0.2) is 11.5 Å². The van der Waals surface area contributed by atoms with Gasteiger partial charge in [-0.2, -0.15) is 0 Å². The van der Waals surface area contributed by atoms with Crippen molar-refractivity contribution in [2.45, 2.75) is 39.0 Å². The number of rotatable bonds is 3. The lowest BCUT2D eigenvalue weighted by Gasteiger charge is -2.15. The van der Waals surface area contributed by atoms with Crippen molar-refractivity contribution in [3.8, 4) is 0 Å². The summed E-state index contributed by atoms with van der Waals surface area (Å²) in [5.41, 5.74) is 4.29. The SMILES string of the molecule is CCCNc1nc2c3c(ccc2s1)CCCC3. The number of aromatic nitrogens is 1. The van der Waals surface area contributed by atoms with Gasteiger partial charge in [0.2, 0.25) is 0 Å². The zero-order valence-electron chi connectivity index (χ0n) is 10.3. The van der Waals surface area contributed by atoms with Gasteiger partial charge in [-0.3, -0.25) is 0 Å². The van der Waals surface area contributed by atoms with Gasteiger partial charge in [0.25, 0.3) is 0 Å². The van der Waals surface area contributed by atoms with Crippen LogP contribution in [0.15, 0.2) is 12.1 Å². The second-order valence-electron chi connectivity index (χ2n) is 4.70. The van der Waals surface area contributed by atoms with E-state index in [1.54, 1.807) is 11.3 Å². The first kappa shape index (κ1) is 11.0. The highest BCUT2D eigenvalue weighted by molar-refractivity contribution is 7.22. The molecule has 90 valence electrons. The summed E-state index contributed by atoms with van der Waals surface area (Å²) < 4.78 is 1.34. The fraction of sp³-hybridized carbons (Fsp3) is 0.500. The number of hydrogen-bond donors (Lipinski definition) is 1. The van der Waals surface area contributed by atoms with E-state index in [4.69, 9.17) is 4.98 Å². The first-order valence-electron chi connectivity index (χ1n) is 6.53. The zero-order valence-corrected chi connectivity index (χ0v) is 11.1. The normalized spacial score (nSPS) is 14.9. The summed E-state index contributed by atoms with van der Waals surface area (Å²) in [6.45, 7) is 3.20. The van der Waals surface area contributed by atoms with Gasteiger partial charge in [-0.1, -0.05) is 24.3 Å². The van der Waals surface area contributed by atoms with Crippen molar-refractivity contribution in [1.29, 1.82) is 0 Å².